The van der Waals surface area contributed by atoms with Gasteiger partial charge in [0.2, 0.25) is 0 Å². The molecule has 0 saturated heterocycles. The number of aromatic amines is 1. The number of pyridine rings is 1. The number of benzene rings is 2. The van der Waals surface area contributed by atoms with Gasteiger partial charge in [-0.3, -0.25) is 9.59 Å². The van der Waals surface area contributed by atoms with E-state index in [-0.39, 0.29) is 17.5 Å². The highest BCUT2D eigenvalue weighted by molar-refractivity contribution is 5.96. The largest absolute Gasteiger partial charge is 0.330 e. The molecule has 1 amide bonds. The van der Waals surface area contributed by atoms with Crippen LogP contribution < -0.4 is 5.56 Å². The Morgan fingerprint density at radius 1 is 1.12 bits per heavy atom. The summed E-state index contributed by atoms with van der Waals surface area (Å²) >= 11 is 0. The van der Waals surface area contributed by atoms with Gasteiger partial charge >= 0.3 is 0 Å². The maximum Gasteiger partial charge on any atom is 0.270 e. The average molecular weight is 332 g/mol. The lowest BCUT2D eigenvalue weighted by Gasteiger charge is -2.23. The number of amides is 1. The summed E-state index contributed by atoms with van der Waals surface area (Å²) in [5.41, 5.74) is 2.44. The summed E-state index contributed by atoms with van der Waals surface area (Å²) in [5, 5.41) is 1.40. The molecule has 0 aliphatic heterocycles. The van der Waals surface area contributed by atoms with Crippen LogP contribution >= 0.6 is 0 Å². The third-order valence-corrected chi connectivity index (χ3v) is 4.67. The molecule has 4 heteroatoms. The number of hydrogen-bond acceptors (Lipinski definition) is 2. The molecule has 1 aromatic heterocycles. The molecule has 0 radical (unpaired) electrons. The molecule has 1 N–H and O–H groups in total. The van der Waals surface area contributed by atoms with Gasteiger partial charge in [0, 0.05) is 18.0 Å². The summed E-state index contributed by atoms with van der Waals surface area (Å²) in [6.07, 6.45) is 2.05. The van der Waals surface area contributed by atoms with Crippen LogP contribution in [0.2, 0.25) is 0 Å². The zero-order valence-electron chi connectivity index (χ0n) is 14.2. The number of carbonyl (C=O) groups is 1. The summed E-state index contributed by atoms with van der Waals surface area (Å²) < 4.78 is 0. The first-order valence-corrected chi connectivity index (χ1v) is 8.60. The van der Waals surface area contributed by atoms with E-state index in [0.717, 1.165) is 23.8 Å². The molecule has 1 aliphatic carbocycles. The predicted molar refractivity (Wildman–Crippen MR) is 98.6 cm³/mol. The van der Waals surface area contributed by atoms with Crippen molar-refractivity contribution in [3.05, 3.63) is 81.8 Å². The molecule has 1 aliphatic rings. The van der Waals surface area contributed by atoms with Crippen LogP contribution in [0, 0.1) is 6.92 Å². The Morgan fingerprint density at radius 2 is 1.92 bits per heavy atom. The summed E-state index contributed by atoms with van der Waals surface area (Å²) in [6.45, 7) is 2.62. The molecule has 3 aromatic rings. The maximum atomic E-state index is 13.1. The molecule has 0 unspecified atom stereocenters. The zero-order valence-corrected chi connectivity index (χ0v) is 14.2. The van der Waals surface area contributed by atoms with Gasteiger partial charge in [-0.1, -0.05) is 48.0 Å². The number of fused-ring (bicyclic) bond motifs is 1. The van der Waals surface area contributed by atoms with Gasteiger partial charge in [0.1, 0.15) is 5.69 Å². The quantitative estimate of drug-likeness (QED) is 0.793. The van der Waals surface area contributed by atoms with Gasteiger partial charge in [0.05, 0.1) is 0 Å². The van der Waals surface area contributed by atoms with E-state index in [1.807, 2.05) is 48.2 Å². The van der Waals surface area contributed by atoms with Gasteiger partial charge in [-0.2, -0.15) is 0 Å². The Labute approximate surface area is 146 Å². The number of carbonyl (C=O) groups excluding carboxylic acids is 1. The molecule has 4 rings (SSSR count). The Balaban J connectivity index is 1.68. The van der Waals surface area contributed by atoms with Crippen LogP contribution in [0.25, 0.3) is 10.8 Å². The normalized spacial score (nSPS) is 13.8. The van der Waals surface area contributed by atoms with Crippen molar-refractivity contribution in [2.24, 2.45) is 0 Å². The van der Waals surface area contributed by atoms with E-state index in [9.17, 15) is 9.59 Å². The molecule has 0 spiro atoms. The van der Waals surface area contributed by atoms with E-state index in [2.05, 4.69) is 11.1 Å². The Morgan fingerprint density at radius 3 is 2.68 bits per heavy atom. The van der Waals surface area contributed by atoms with Crippen LogP contribution in [0.1, 0.15) is 34.5 Å². The number of aromatic nitrogens is 1. The van der Waals surface area contributed by atoms with Crippen molar-refractivity contribution < 1.29 is 4.79 Å². The van der Waals surface area contributed by atoms with E-state index in [0.29, 0.717) is 17.6 Å². The summed E-state index contributed by atoms with van der Waals surface area (Å²) in [5.74, 6) is -0.105. The minimum absolute atomic E-state index is 0.105. The van der Waals surface area contributed by atoms with E-state index >= 15 is 0 Å². The molecule has 25 heavy (non-hydrogen) atoms. The van der Waals surface area contributed by atoms with Gasteiger partial charge in [-0.05, 0) is 42.8 Å². The minimum atomic E-state index is -0.215. The third kappa shape index (κ3) is 3.20. The number of nitrogens with zero attached hydrogens (tertiary/aromatic N) is 1. The molecule has 1 heterocycles. The number of H-pyrrole nitrogens is 1. The van der Waals surface area contributed by atoms with Crippen molar-refractivity contribution in [1.82, 2.24) is 9.88 Å². The van der Waals surface area contributed by atoms with Crippen molar-refractivity contribution >= 4 is 16.7 Å². The van der Waals surface area contributed by atoms with Crippen LogP contribution in [-0.4, -0.2) is 21.8 Å². The Hall–Kier alpha value is -2.88. The van der Waals surface area contributed by atoms with Crippen molar-refractivity contribution in [3.8, 4) is 0 Å². The van der Waals surface area contributed by atoms with E-state index < -0.39 is 0 Å². The second-order valence-electron chi connectivity index (χ2n) is 6.75. The monoisotopic (exact) mass is 332 g/mol. The smallest absolute Gasteiger partial charge is 0.270 e. The molecule has 4 nitrogen and oxygen atoms in total. The van der Waals surface area contributed by atoms with Gasteiger partial charge in [0.25, 0.3) is 11.5 Å². The molecular formula is C21H20N2O2. The molecule has 0 atom stereocenters. The standard InChI is InChI=1S/C21H20N2O2/c1-14-5-4-6-15(11-14)13-23(17-9-10-17)21(25)19-12-16-7-2-3-8-18(16)20(24)22-19/h2-8,11-12,17H,9-10,13H2,1H3,(H,22,24). The van der Waals surface area contributed by atoms with Gasteiger partial charge in [-0.15, -0.1) is 0 Å². The van der Waals surface area contributed by atoms with Gasteiger partial charge < -0.3 is 9.88 Å². The fraction of sp³-hybridized carbons (Fsp3) is 0.238. The molecule has 0 bridgehead atoms. The number of hydrogen-bond donors (Lipinski definition) is 1. The first-order valence-electron chi connectivity index (χ1n) is 8.60. The second-order valence-corrected chi connectivity index (χ2v) is 6.75. The first kappa shape index (κ1) is 15.6. The number of nitrogens with one attached hydrogen (secondary N) is 1. The third-order valence-electron chi connectivity index (χ3n) is 4.67. The van der Waals surface area contributed by atoms with Crippen LogP contribution in [0.5, 0.6) is 0 Å². The van der Waals surface area contributed by atoms with Crippen LogP contribution in [-0.2, 0) is 6.54 Å². The highest BCUT2D eigenvalue weighted by Crippen LogP contribution is 2.30. The zero-order chi connectivity index (χ0) is 17.4. The van der Waals surface area contributed by atoms with Gasteiger partial charge in [0.15, 0.2) is 0 Å². The molecule has 1 fully saturated rings. The average Bonchev–Trinajstić information content (AvgIpc) is 3.44. The number of rotatable bonds is 4. The Kier molecular flexibility index (Phi) is 3.88. The summed E-state index contributed by atoms with van der Waals surface area (Å²) in [4.78, 5) is 30.0. The molecule has 1 saturated carbocycles. The predicted octanol–water partition coefficient (Wildman–Crippen LogP) is 3.64. The minimum Gasteiger partial charge on any atom is -0.330 e. The van der Waals surface area contributed by atoms with E-state index in [1.165, 1.54) is 5.56 Å². The second kappa shape index (κ2) is 6.20. The SMILES string of the molecule is Cc1cccc(CN(C(=O)c2cc3ccccc3c(=O)[nH]2)C2CC2)c1. The van der Waals surface area contributed by atoms with Crippen LogP contribution in [0.4, 0.5) is 0 Å². The lowest BCUT2D eigenvalue weighted by atomic mass is 10.1. The lowest BCUT2D eigenvalue weighted by Crippen LogP contribution is -2.34. The fourth-order valence-corrected chi connectivity index (χ4v) is 3.24. The Bertz CT molecular complexity index is 1000. The summed E-state index contributed by atoms with van der Waals surface area (Å²) in [6, 6.07) is 17.6. The van der Waals surface area contributed by atoms with Gasteiger partial charge in [-0.25, -0.2) is 0 Å². The number of aryl methyl sites for hydroxylation is 1. The van der Waals surface area contributed by atoms with E-state index in [1.54, 1.807) is 12.1 Å². The van der Waals surface area contributed by atoms with Crippen molar-refractivity contribution in [2.75, 3.05) is 0 Å². The summed E-state index contributed by atoms with van der Waals surface area (Å²) in [7, 11) is 0. The highest BCUT2D eigenvalue weighted by Gasteiger charge is 2.33. The molecule has 2 aromatic carbocycles. The highest BCUT2D eigenvalue weighted by atomic mass is 16.2. The topological polar surface area (TPSA) is 53.2 Å². The van der Waals surface area contributed by atoms with Crippen LogP contribution in [0.15, 0.2) is 59.4 Å². The van der Waals surface area contributed by atoms with Crippen LogP contribution in [0.3, 0.4) is 0 Å². The lowest BCUT2D eigenvalue weighted by molar-refractivity contribution is 0.0724. The van der Waals surface area contributed by atoms with Crippen molar-refractivity contribution in [1.29, 1.82) is 0 Å². The first-order chi connectivity index (χ1) is 12.1. The van der Waals surface area contributed by atoms with Crippen molar-refractivity contribution in [3.63, 3.8) is 0 Å². The maximum absolute atomic E-state index is 13.1. The fourth-order valence-electron chi connectivity index (χ4n) is 3.24. The van der Waals surface area contributed by atoms with Crippen molar-refractivity contribution in [2.45, 2.75) is 32.4 Å². The van der Waals surface area contributed by atoms with E-state index in [4.69, 9.17) is 0 Å². The molecular weight excluding hydrogens is 312 g/mol. The molecule has 126 valence electrons.